The third-order valence-corrected chi connectivity index (χ3v) is 5.53. The normalized spacial score (nSPS) is 21.8. The maximum Gasteiger partial charge on any atom is 0.245 e. The zero-order valence-corrected chi connectivity index (χ0v) is 13.8. The molecular formula is C17H20N4OS. The average Bonchev–Trinajstić information content (AvgIpc) is 3.11. The summed E-state index contributed by atoms with van der Waals surface area (Å²) in [6, 6.07) is 7.80. The van der Waals surface area contributed by atoms with Crippen molar-refractivity contribution in [1.29, 1.82) is 0 Å². The lowest BCUT2D eigenvalue weighted by Gasteiger charge is -2.32. The molecule has 1 amide bonds. The summed E-state index contributed by atoms with van der Waals surface area (Å²) in [5.74, 6) is 3.19. The molecule has 0 spiro atoms. The van der Waals surface area contributed by atoms with Gasteiger partial charge in [-0.25, -0.2) is 4.98 Å². The lowest BCUT2D eigenvalue weighted by Crippen LogP contribution is -2.48. The van der Waals surface area contributed by atoms with Crippen molar-refractivity contribution in [2.75, 3.05) is 36.0 Å². The standard InChI is InChI=1S/C17H20N4OS/c22-17(20-8-10-23-11-9-20)15-6-3-7-21(15)16-12-18-13-4-1-2-5-14(13)19-16/h1-2,4-5,12,15H,3,6-11H2/t15-/m1/s1. The second kappa shape index (κ2) is 6.35. The minimum atomic E-state index is -0.0754. The van der Waals surface area contributed by atoms with Crippen molar-refractivity contribution in [3.05, 3.63) is 30.5 Å². The third-order valence-electron chi connectivity index (χ3n) is 4.59. The first kappa shape index (κ1) is 14.8. The van der Waals surface area contributed by atoms with Gasteiger partial charge in [-0.15, -0.1) is 0 Å². The highest BCUT2D eigenvalue weighted by molar-refractivity contribution is 7.99. The van der Waals surface area contributed by atoms with Gasteiger partial charge in [-0.2, -0.15) is 11.8 Å². The van der Waals surface area contributed by atoms with Crippen LogP contribution >= 0.6 is 11.8 Å². The number of fused-ring (bicyclic) bond motifs is 1. The molecule has 0 bridgehead atoms. The van der Waals surface area contributed by atoms with Crippen molar-refractivity contribution in [3.8, 4) is 0 Å². The van der Waals surface area contributed by atoms with E-state index in [9.17, 15) is 4.79 Å². The number of hydrogen-bond acceptors (Lipinski definition) is 5. The Balaban J connectivity index is 1.59. The maximum atomic E-state index is 12.9. The molecule has 0 aliphatic carbocycles. The fourth-order valence-corrected chi connectivity index (χ4v) is 4.28. The molecule has 2 saturated heterocycles. The van der Waals surface area contributed by atoms with Gasteiger partial charge in [0, 0.05) is 31.1 Å². The van der Waals surface area contributed by atoms with Gasteiger partial charge >= 0.3 is 0 Å². The number of benzene rings is 1. The van der Waals surface area contributed by atoms with Crippen LogP contribution in [0.3, 0.4) is 0 Å². The number of anilines is 1. The highest BCUT2D eigenvalue weighted by atomic mass is 32.2. The summed E-state index contributed by atoms with van der Waals surface area (Å²) >= 11 is 1.93. The zero-order chi connectivity index (χ0) is 15.6. The van der Waals surface area contributed by atoms with Gasteiger partial charge in [-0.3, -0.25) is 9.78 Å². The van der Waals surface area contributed by atoms with Crippen molar-refractivity contribution in [1.82, 2.24) is 14.9 Å². The highest BCUT2D eigenvalue weighted by Gasteiger charge is 2.35. The molecule has 0 saturated carbocycles. The SMILES string of the molecule is O=C([C@H]1CCCN1c1cnc2ccccc2n1)N1CCSCC1. The predicted molar refractivity (Wildman–Crippen MR) is 93.8 cm³/mol. The minimum absolute atomic E-state index is 0.0754. The van der Waals surface area contributed by atoms with Gasteiger partial charge in [0.15, 0.2) is 0 Å². The topological polar surface area (TPSA) is 49.3 Å². The first-order valence-electron chi connectivity index (χ1n) is 8.18. The summed E-state index contributed by atoms with van der Waals surface area (Å²) in [4.78, 5) is 26.3. The molecule has 120 valence electrons. The van der Waals surface area contributed by atoms with Crippen molar-refractivity contribution in [2.45, 2.75) is 18.9 Å². The number of hydrogen-bond donors (Lipinski definition) is 0. The van der Waals surface area contributed by atoms with Gasteiger partial charge in [-0.05, 0) is 25.0 Å². The summed E-state index contributed by atoms with van der Waals surface area (Å²) < 4.78 is 0. The summed E-state index contributed by atoms with van der Waals surface area (Å²) in [5, 5.41) is 0. The monoisotopic (exact) mass is 328 g/mol. The molecule has 6 heteroatoms. The number of nitrogens with zero attached hydrogens (tertiary/aromatic N) is 4. The zero-order valence-electron chi connectivity index (χ0n) is 13.0. The Morgan fingerprint density at radius 2 is 1.91 bits per heavy atom. The number of carbonyl (C=O) groups is 1. The summed E-state index contributed by atoms with van der Waals surface area (Å²) in [6.45, 7) is 2.63. The Hall–Kier alpha value is -1.82. The number of aromatic nitrogens is 2. The molecule has 3 heterocycles. The molecule has 0 radical (unpaired) electrons. The van der Waals surface area contributed by atoms with E-state index in [-0.39, 0.29) is 11.9 Å². The molecule has 0 N–H and O–H groups in total. The van der Waals surface area contributed by atoms with E-state index in [1.165, 1.54) is 0 Å². The maximum absolute atomic E-state index is 12.9. The van der Waals surface area contributed by atoms with Crippen LogP contribution in [0.15, 0.2) is 30.5 Å². The summed E-state index contributed by atoms with van der Waals surface area (Å²) in [5.41, 5.74) is 1.78. The predicted octanol–water partition coefficient (Wildman–Crippen LogP) is 2.17. The van der Waals surface area contributed by atoms with Gasteiger partial charge in [0.05, 0.1) is 17.2 Å². The molecule has 1 atom stereocenters. The quantitative estimate of drug-likeness (QED) is 0.846. The van der Waals surface area contributed by atoms with Crippen LogP contribution in [0.25, 0.3) is 11.0 Å². The molecule has 2 aliphatic heterocycles. The van der Waals surface area contributed by atoms with E-state index in [2.05, 4.69) is 9.88 Å². The number of carbonyl (C=O) groups excluding carboxylic acids is 1. The van der Waals surface area contributed by atoms with Crippen molar-refractivity contribution in [2.24, 2.45) is 0 Å². The molecule has 2 fully saturated rings. The van der Waals surface area contributed by atoms with E-state index < -0.39 is 0 Å². The fourth-order valence-electron chi connectivity index (χ4n) is 3.38. The minimum Gasteiger partial charge on any atom is -0.343 e. The Morgan fingerprint density at radius 1 is 1.13 bits per heavy atom. The Labute approximate surface area is 140 Å². The first-order valence-corrected chi connectivity index (χ1v) is 9.33. The van der Waals surface area contributed by atoms with Crippen molar-refractivity contribution < 1.29 is 4.79 Å². The molecule has 2 aromatic rings. The van der Waals surface area contributed by atoms with Crippen LogP contribution in [-0.2, 0) is 4.79 Å². The van der Waals surface area contributed by atoms with Crippen LogP contribution in [0.2, 0.25) is 0 Å². The first-order chi connectivity index (χ1) is 11.3. The van der Waals surface area contributed by atoms with Crippen molar-refractivity contribution >= 4 is 34.5 Å². The van der Waals surface area contributed by atoms with Crippen LogP contribution in [0.4, 0.5) is 5.82 Å². The van der Waals surface area contributed by atoms with Gasteiger partial charge in [0.1, 0.15) is 11.9 Å². The third kappa shape index (κ3) is 2.87. The van der Waals surface area contributed by atoms with Crippen LogP contribution in [0, 0.1) is 0 Å². The van der Waals surface area contributed by atoms with Crippen LogP contribution < -0.4 is 4.90 Å². The molecule has 1 aromatic carbocycles. The Bertz CT molecular complexity index is 717. The number of thioether (sulfide) groups is 1. The molecule has 4 rings (SSSR count). The van der Waals surface area contributed by atoms with Gasteiger partial charge in [0.2, 0.25) is 5.91 Å². The number of rotatable bonds is 2. The second-order valence-corrected chi connectivity index (χ2v) is 7.23. The molecule has 0 unspecified atom stereocenters. The lowest BCUT2D eigenvalue weighted by molar-refractivity contribution is -0.132. The lowest BCUT2D eigenvalue weighted by atomic mass is 10.2. The molecule has 23 heavy (non-hydrogen) atoms. The smallest absolute Gasteiger partial charge is 0.245 e. The molecule has 1 aromatic heterocycles. The molecular weight excluding hydrogens is 308 g/mol. The Kier molecular flexibility index (Phi) is 4.08. The van der Waals surface area contributed by atoms with E-state index in [0.29, 0.717) is 0 Å². The van der Waals surface area contributed by atoms with Gasteiger partial charge < -0.3 is 9.80 Å². The fraction of sp³-hybridized carbons (Fsp3) is 0.471. The summed E-state index contributed by atoms with van der Waals surface area (Å²) in [7, 11) is 0. The van der Waals surface area contributed by atoms with E-state index in [1.807, 2.05) is 40.9 Å². The average molecular weight is 328 g/mol. The largest absolute Gasteiger partial charge is 0.343 e. The van der Waals surface area contributed by atoms with E-state index >= 15 is 0 Å². The number of amides is 1. The van der Waals surface area contributed by atoms with Crippen LogP contribution in [0.5, 0.6) is 0 Å². The molecule has 2 aliphatic rings. The van der Waals surface area contributed by atoms with Crippen LogP contribution in [0.1, 0.15) is 12.8 Å². The van der Waals surface area contributed by atoms with Crippen LogP contribution in [-0.4, -0.2) is 58.0 Å². The molecule has 5 nitrogen and oxygen atoms in total. The van der Waals surface area contributed by atoms with E-state index in [4.69, 9.17) is 4.98 Å². The van der Waals surface area contributed by atoms with E-state index in [0.717, 1.165) is 60.8 Å². The van der Waals surface area contributed by atoms with Gasteiger partial charge in [0.25, 0.3) is 0 Å². The van der Waals surface area contributed by atoms with E-state index in [1.54, 1.807) is 6.20 Å². The highest BCUT2D eigenvalue weighted by Crippen LogP contribution is 2.26. The van der Waals surface area contributed by atoms with Crippen molar-refractivity contribution in [3.63, 3.8) is 0 Å². The van der Waals surface area contributed by atoms with Gasteiger partial charge in [-0.1, -0.05) is 12.1 Å². The Morgan fingerprint density at radius 3 is 2.74 bits per heavy atom. The summed E-state index contributed by atoms with van der Waals surface area (Å²) in [6.07, 6.45) is 3.75. The second-order valence-electron chi connectivity index (χ2n) is 6.01. The number of para-hydroxylation sites is 2.